The zero-order valence-electron chi connectivity index (χ0n) is 20.1. The summed E-state index contributed by atoms with van der Waals surface area (Å²) in [5, 5.41) is 2.04. The molecule has 0 saturated heterocycles. The molecule has 6 heteroatoms. The van der Waals surface area contributed by atoms with Gasteiger partial charge in [0.05, 0.1) is 13.2 Å². The molecule has 0 aliphatic rings. The Bertz CT molecular complexity index is 1280. The number of hydrogen-bond acceptors (Lipinski definition) is 4. The van der Waals surface area contributed by atoms with Gasteiger partial charge in [0, 0.05) is 25.8 Å². The first-order valence-electron chi connectivity index (χ1n) is 11.7. The van der Waals surface area contributed by atoms with Crippen LogP contribution < -0.4 is 0 Å². The summed E-state index contributed by atoms with van der Waals surface area (Å²) in [6.45, 7) is 3.21. The summed E-state index contributed by atoms with van der Waals surface area (Å²) in [5.74, 6) is 1.14. The van der Waals surface area contributed by atoms with Gasteiger partial charge in [-0.2, -0.15) is 0 Å². The van der Waals surface area contributed by atoms with E-state index in [2.05, 4.69) is 0 Å². The van der Waals surface area contributed by atoms with E-state index in [0.29, 0.717) is 37.6 Å². The molecule has 0 bridgehead atoms. The van der Waals surface area contributed by atoms with Crippen LogP contribution in [0, 0.1) is 6.92 Å². The van der Waals surface area contributed by atoms with Crippen molar-refractivity contribution in [3.63, 3.8) is 0 Å². The summed E-state index contributed by atoms with van der Waals surface area (Å²) >= 11 is 0. The van der Waals surface area contributed by atoms with Gasteiger partial charge in [0.1, 0.15) is 18.1 Å². The van der Waals surface area contributed by atoms with Gasteiger partial charge in [-0.05, 0) is 47.5 Å². The van der Waals surface area contributed by atoms with E-state index >= 15 is 0 Å². The summed E-state index contributed by atoms with van der Waals surface area (Å²) in [4.78, 5) is 30.3. The molecule has 35 heavy (non-hydrogen) atoms. The first-order valence-corrected chi connectivity index (χ1v) is 11.7. The summed E-state index contributed by atoms with van der Waals surface area (Å²) < 4.78 is 11.0. The fourth-order valence-electron chi connectivity index (χ4n) is 4.02. The van der Waals surface area contributed by atoms with Gasteiger partial charge in [0.25, 0.3) is 5.91 Å². The number of carbonyl (C=O) groups is 2. The number of nitrogens with zero attached hydrogens (tertiary/aromatic N) is 2. The average molecular weight is 471 g/mol. The summed E-state index contributed by atoms with van der Waals surface area (Å²) in [7, 11) is 1.58. The molecule has 6 nitrogen and oxygen atoms in total. The number of hydrogen-bond donors (Lipinski definition) is 0. The van der Waals surface area contributed by atoms with E-state index in [1.165, 1.54) is 0 Å². The Morgan fingerprint density at radius 1 is 0.829 bits per heavy atom. The van der Waals surface area contributed by atoms with Gasteiger partial charge in [0.2, 0.25) is 5.91 Å². The molecule has 0 saturated carbocycles. The van der Waals surface area contributed by atoms with Gasteiger partial charge in [-0.25, -0.2) is 0 Å². The molecule has 4 rings (SSSR count). The Labute approximate surface area is 205 Å². The second-order valence-corrected chi connectivity index (χ2v) is 8.53. The van der Waals surface area contributed by atoms with Crippen LogP contribution in [-0.4, -0.2) is 48.4 Å². The lowest BCUT2D eigenvalue weighted by molar-refractivity contribution is -0.133. The van der Waals surface area contributed by atoms with E-state index in [1.807, 2.05) is 91.9 Å². The third kappa shape index (κ3) is 6.37. The van der Waals surface area contributed by atoms with Gasteiger partial charge >= 0.3 is 0 Å². The monoisotopic (exact) mass is 470 g/mol. The van der Waals surface area contributed by atoms with Crippen molar-refractivity contribution in [1.29, 1.82) is 0 Å². The standard InChI is InChI=1S/C29H30N2O4/c1-22-12-15-27(35-22)20-31(19-23-8-4-3-5-9-23)28(32)21-30(16-17-34-2)29(33)26-14-13-24-10-6-7-11-25(24)18-26/h3-15,18H,16-17,19-21H2,1-2H3. The van der Waals surface area contributed by atoms with Crippen molar-refractivity contribution >= 4 is 22.6 Å². The SMILES string of the molecule is COCCN(CC(=O)N(Cc1ccccc1)Cc1ccc(C)o1)C(=O)c1ccc2ccccc2c1. The van der Waals surface area contributed by atoms with Crippen LogP contribution in [-0.2, 0) is 22.6 Å². The molecule has 3 aromatic carbocycles. The molecule has 0 spiro atoms. The molecule has 1 heterocycles. The van der Waals surface area contributed by atoms with Crippen LogP contribution in [0.1, 0.15) is 27.4 Å². The molecule has 0 unspecified atom stereocenters. The number of fused-ring (bicyclic) bond motifs is 1. The molecule has 4 aromatic rings. The van der Waals surface area contributed by atoms with Gasteiger partial charge < -0.3 is 19.0 Å². The Hall–Kier alpha value is -3.90. The minimum absolute atomic E-state index is 0.0540. The number of aryl methyl sites for hydroxylation is 1. The first kappa shape index (κ1) is 24.2. The summed E-state index contributed by atoms with van der Waals surface area (Å²) in [6.07, 6.45) is 0. The maximum absolute atomic E-state index is 13.5. The second-order valence-electron chi connectivity index (χ2n) is 8.53. The molecule has 1 aromatic heterocycles. The molecule has 0 atom stereocenters. The number of benzene rings is 3. The minimum Gasteiger partial charge on any atom is -0.464 e. The lowest BCUT2D eigenvalue weighted by Crippen LogP contribution is -2.43. The van der Waals surface area contributed by atoms with E-state index in [4.69, 9.17) is 9.15 Å². The number of carbonyl (C=O) groups excluding carboxylic acids is 2. The van der Waals surface area contributed by atoms with Crippen molar-refractivity contribution in [2.45, 2.75) is 20.0 Å². The molecule has 0 aliphatic carbocycles. The number of amides is 2. The smallest absolute Gasteiger partial charge is 0.254 e. The predicted molar refractivity (Wildman–Crippen MR) is 136 cm³/mol. The molecule has 180 valence electrons. The molecular formula is C29H30N2O4. The highest BCUT2D eigenvalue weighted by molar-refractivity contribution is 6.00. The lowest BCUT2D eigenvalue weighted by atomic mass is 10.1. The van der Waals surface area contributed by atoms with E-state index in [-0.39, 0.29) is 18.4 Å². The van der Waals surface area contributed by atoms with Crippen LogP contribution in [0.3, 0.4) is 0 Å². The highest BCUT2D eigenvalue weighted by Gasteiger charge is 2.23. The Kier molecular flexibility index (Phi) is 7.95. The first-order chi connectivity index (χ1) is 17.0. The van der Waals surface area contributed by atoms with Gasteiger partial charge in [-0.1, -0.05) is 60.7 Å². The van der Waals surface area contributed by atoms with Crippen molar-refractivity contribution in [1.82, 2.24) is 9.80 Å². The number of rotatable bonds is 10. The minimum atomic E-state index is -0.199. The van der Waals surface area contributed by atoms with Gasteiger partial charge in [0.15, 0.2) is 0 Å². The van der Waals surface area contributed by atoms with Gasteiger partial charge in [-0.3, -0.25) is 9.59 Å². The van der Waals surface area contributed by atoms with E-state index in [9.17, 15) is 9.59 Å². The lowest BCUT2D eigenvalue weighted by Gasteiger charge is -2.27. The van der Waals surface area contributed by atoms with E-state index in [1.54, 1.807) is 16.9 Å². The molecule has 2 amide bonds. The van der Waals surface area contributed by atoms with Crippen LogP contribution in [0.25, 0.3) is 10.8 Å². The highest BCUT2D eigenvalue weighted by atomic mass is 16.5. The fraction of sp³-hybridized carbons (Fsp3) is 0.241. The maximum Gasteiger partial charge on any atom is 0.254 e. The molecule has 0 aliphatic heterocycles. The van der Waals surface area contributed by atoms with Crippen LogP contribution in [0.4, 0.5) is 0 Å². The predicted octanol–water partition coefficient (Wildman–Crippen LogP) is 5.06. The molecule has 0 N–H and O–H groups in total. The summed E-state index contributed by atoms with van der Waals surface area (Å²) in [5.41, 5.74) is 1.55. The second kappa shape index (κ2) is 11.5. The van der Waals surface area contributed by atoms with Crippen molar-refractivity contribution in [3.8, 4) is 0 Å². The van der Waals surface area contributed by atoms with Crippen LogP contribution in [0.5, 0.6) is 0 Å². The molecular weight excluding hydrogens is 440 g/mol. The summed E-state index contributed by atoms with van der Waals surface area (Å²) in [6, 6.07) is 27.1. The fourth-order valence-corrected chi connectivity index (χ4v) is 4.02. The third-order valence-electron chi connectivity index (χ3n) is 5.89. The zero-order valence-corrected chi connectivity index (χ0v) is 20.1. The Morgan fingerprint density at radius 2 is 1.57 bits per heavy atom. The molecule has 0 fully saturated rings. The Balaban J connectivity index is 1.56. The normalized spacial score (nSPS) is 10.9. The largest absolute Gasteiger partial charge is 0.464 e. The highest BCUT2D eigenvalue weighted by Crippen LogP contribution is 2.18. The van der Waals surface area contributed by atoms with Crippen molar-refractivity contribution in [2.75, 3.05) is 26.8 Å². The van der Waals surface area contributed by atoms with Crippen molar-refractivity contribution < 1.29 is 18.7 Å². The molecule has 0 radical (unpaired) electrons. The van der Waals surface area contributed by atoms with Crippen LogP contribution in [0.15, 0.2) is 89.3 Å². The number of furan rings is 1. The van der Waals surface area contributed by atoms with Crippen molar-refractivity contribution in [2.24, 2.45) is 0 Å². The van der Waals surface area contributed by atoms with E-state index in [0.717, 1.165) is 22.1 Å². The average Bonchev–Trinajstić information content (AvgIpc) is 3.30. The van der Waals surface area contributed by atoms with Crippen molar-refractivity contribution in [3.05, 3.63) is 108 Å². The Morgan fingerprint density at radius 3 is 2.29 bits per heavy atom. The van der Waals surface area contributed by atoms with Crippen LogP contribution >= 0.6 is 0 Å². The quantitative estimate of drug-likeness (QED) is 0.325. The van der Waals surface area contributed by atoms with E-state index < -0.39 is 0 Å². The third-order valence-corrected chi connectivity index (χ3v) is 5.89. The van der Waals surface area contributed by atoms with Gasteiger partial charge in [-0.15, -0.1) is 0 Å². The number of ether oxygens (including phenoxy) is 1. The maximum atomic E-state index is 13.5. The zero-order chi connectivity index (χ0) is 24.6. The topological polar surface area (TPSA) is 63.0 Å². The van der Waals surface area contributed by atoms with Crippen LogP contribution in [0.2, 0.25) is 0 Å². The number of methoxy groups -OCH3 is 1.